The number of nitrogens with one attached hydrogen (secondary N) is 2. The van der Waals surface area contributed by atoms with E-state index >= 15 is 0 Å². The lowest BCUT2D eigenvalue weighted by atomic mass is 9.86. The minimum atomic E-state index is -4.50. The van der Waals surface area contributed by atoms with Crippen molar-refractivity contribution in [1.29, 1.82) is 10.8 Å². The fraction of sp³-hybridized carbons (Fsp3) is 0.458. The van der Waals surface area contributed by atoms with Gasteiger partial charge in [-0.3, -0.25) is 20.4 Å². The Morgan fingerprint density at radius 1 is 1.19 bits per heavy atom. The first-order valence-electron chi connectivity index (χ1n) is 11.1. The van der Waals surface area contributed by atoms with E-state index in [9.17, 15) is 31.5 Å². The molecule has 1 aliphatic heterocycles. The van der Waals surface area contributed by atoms with Crippen molar-refractivity contribution in [1.82, 2.24) is 0 Å². The number of halogens is 5. The third-order valence-electron chi connectivity index (χ3n) is 6.22. The SMILES string of the molecule is CC(=O)CCN(C(C)=O)c1c(F)cc(N2C[C@H](CC(=N)OC(=N)C3=C=C(C(F)(F)F)C3)[C@H]2C)cc1F. The summed E-state index contributed by atoms with van der Waals surface area (Å²) >= 11 is 0. The summed E-state index contributed by atoms with van der Waals surface area (Å²) in [6.07, 6.45) is -4.96. The van der Waals surface area contributed by atoms with E-state index in [0.717, 1.165) is 24.0 Å². The zero-order chi connectivity index (χ0) is 26.9. The van der Waals surface area contributed by atoms with Crippen molar-refractivity contribution in [2.75, 3.05) is 22.9 Å². The average Bonchev–Trinajstić information content (AvgIpc) is 2.69. The fourth-order valence-corrected chi connectivity index (χ4v) is 4.05. The van der Waals surface area contributed by atoms with Gasteiger partial charge in [0, 0.05) is 56.9 Å². The molecule has 0 saturated carbocycles. The maximum absolute atomic E-state index is 14.9. The highest BCUT2D eigenvalue weighted by Crippen LogP contribution is 2.38. The first kappa shape index (κ1) is 27.1. The molecule has 2 atom stereocenters. The Morgan fingerprint density at radius 2 is 1.78 bits per heavy atom. The average molecular weight is 512 g/mol. The van der Waals surface area contributed by atoms with Crippen LogP contribution in [0.2, 0.25) is 0 Å². The molecule has 0 bridgehead atoms. The monoisotopic (exact) mass is 512 g/mol. The van der Waals surface area contributed by atoms with Crippen LogP contribution in [0.1, 0.15) is 40.0 Å². The second-order valence-electron chi connectivity index (χ2n) is 8.85. The van der Waals surface area contributed by atoms with Crippen LogP contribution in [0.3, 0.4) is 0 Å². The van der Waals surface area contributed by atoms with Crippen molar-refractivity contribution in [2.45, 2.75) is 52.3 Å². The third-order valence-corrected chi connectivity index (χ3v) is 6.22. The Hall–Kier alpha value is -3.53. The summed E-state index contributed by atoms with van der Waals surface area (Å²) in [4.78, 5) is 25.7. The number of hydrogen-bond acceptors (Lipinski definition) is 6. The number of rotatable bonds is 8. The highest BCUT2D eigenvalue weighted by Gasteiger charge is 2.40. The van der Waals surface area contributed by atoms with E-state index in [-0.39, 0.29) is 54.3 Å². The number of ketones is 1. The smallest absolute Gasteiger partial charge is 0.420 e. The molecule has 0 spiro atoms. The van der Waals surface area contributed by atoms with Gasteiger partial charge in [0.25, 0.3) is 0 Å². The van der Waals surface area contributed by atoms with Gasteiger partial charge < -0.3 is 14.5 Å². The molecule has 1 heterocycles. The minimum Gasteiger partial charge on any atom is -0.425 e. The van der Waals surface area contributed by atoms with Gasteiger partial charge in [-0.25, -0.2) is 8.78 Å². The molecule has 0 unspecified atom stereocenters. The van der Waals surface area contributed by atoms with Crippen LogP contribution in [-0.2, 0) is 14.3 Å². The molecule has 1 saturated heterocycles. The zero-order valence-corrected chi connectivity index (χ0v) is 19.9. The quantitative estimate of drug-likeness (QED) is 0.224. The summed E-state index contributed by atoms with van der Waals surface area (Å²) in [5.41, 5.74) is 0.789. The minimum absolute atomic E-state index is 0.0480. The van der Waals surface area contributed by atoms with E-state index in [1.165, 1.54) is 6.92 Å². The van der Waals surface area contributed by atoms with E-state index in [1.807, 2.05) is 5.73 Å². The molecule has 2 aliphatic rings. The molecule has 1 aliphatic carbocycles. The molecule has 1 aromatic carbocycles. The van der Waals surface area contributed by atoms with Crippen LogP contribution in [0.15, 0.2) is 29.0 Å². The molecule has 0 radical (unpaired) electrons. The Kier molecular flexibility index (Phi) is 7.68. The highest BCUT2D eigenvalue weighted by molar-refractivity contribution is 6.00. The number of carbonyl (C=O) groups is 2. The van der Waals surface area contributed by atoms with Gasteiger partial charge in [-0.05, 0) is 26.0 Å². The van der Waals surface area contributed by atoms with Crippen LogP contribution in [0.4, 0.5) is 33.3 Å². The van der Waals surface area contributed by atoms with Crippen molar-refractivity contribution >= 4 is 34.9 Å². The Morgan fingerprint density at radius 3 is 2.25 bits per heavy atom. The number of amides is 1. The van der Waals surface area contributed by atoms with Gasteiger partial charge in [0.2, 0.25) is 11.8 Å². The number of ether oxygens (including phenoxy) is 1. The largest absolute Gasteiger partial charge is 0.425 e. The van der Waals surface area contributed by atoms with Crippen LogP contribution >= 0.6 is 0 Å². The Labute approximate surface area is 204 Å². The number of anilines is 2. The fourth-order valence-electron chi connectivity index (χ4n) is 4.05. The molecule has 2 N–H and O–H groups in total. The van der Waals surface area contributed by atoms with Gasteiger partial charge in [0.1, 0.15) is 11.5 Å². The first-order chi connectivity index (χ1) is 16.7. The maximum atomic E-state index is 14.9. The van der Waals surface area contributed by atoms with Crippen LogP contribution < -0.4 is 9.80 Å². The van der Waals surface area contributed by atoms with E-state index in [1.54, 1.807) is 11.8 Å². The molecule has 1 amide bonds. The lowest BCUT2D eigenvalue weighted by molar-refractivity contribution is -0.117. The number of hydrogen-bond donors (Lipinski definition) is 2. The van der Waals surface area contributed by atoms with Gasteiger partial charge in [-0.15, -0.1) is 5.73 Å². The maximum Gasteiger partial charge on any atom is 0.420 e. The molecule has 0 aromatic heterocycles. The van der Waals surface area contributed by atoms with Crippen LogP contribution in [0, 0.1) is 28.4 Å². The third kappa shape index (κ3) is 5.81. The predicted octanol–water partition coefficient (Wildman–Crippen LogP) is 4.90. The second-order valence-corrected chi connectivity index (χ2v) is 8.85. The van der Waals surface area contributed by atoms with Crippen molar-refractivity contribution < 1.29 is 36.3 Å². The van der Waals surface area contributed by atoms with E-state index in [4.69, 9.17) is 15.6 Å². The summed E-state index contributed by atoms with van der Waals surface area (Å²) in [6, 6.07) is 1.94. The summed E-state index contributed by atoms with van der Waals surface area (Å²) in [6.45, 7) is 4.41. The van der Waals surface area contributed by atoms with Crippen molar-refractivity contribution in [3.63, 3.8) is 0 Å². The molecule has 7 nitrogen and oxygen atoms in total. The molecular formula is C24H25F5N4O3. The Bertz CT molecular complexity index is 1160. The first-order valence-corrected chi connectivity index (χ1v) is 11.1. The van der Waals surface area contributed by atoms with Gasteiger partial charge in [0.05, 0.1) is 11.1 Å². The van der Waals surface area contributed by atoms with Crippen molar-refractivity contribution in [2.24, 2.45) is 5.92 Å². The van der Waals surface area contributed by atoms with Crippen molar-refractivity contribution in [3.05, 3.63) is 40.6 Å². The normalized spacial score (nSPS) is 18.9. The summed E-state index contributed by atoms with van der Waals surface area (Å²) in [7, 11) is 0. The number of alkyl halides is 3. The number of Topliss-reactive ketones (excluding diaryl/α,β-unsaturated/α-hetero) is 1. The topological polar surface area (TPSA) is 97.6 Å². The summed E-state index contributed by atoms with van der Waals surface area (Å²) in [5, 5.41) is 15.6. The van der Waals surface area contributed by atoms with Gasteiger partial charge >= 0.3 is 6.18 Å². The van der Waals surface area contributed by atoms with E-state index < -0.39 is 47.3 Å². The van der Waals surface area contributed by atoms with Crippen molar-refractivity contribution in [3.8, 4) is 0 Å². The molecule has 36 heavy (non-hydrogen) atoms. The molecule has 1 fully saturated rings. The van der Waals surface area contributed by atoms with E-state index in [2.05, 4.69) is 0 Å². The number of benzene rings is 1. The standard InChI is InChI=1S/C24H25F5N4O3/c1-12(34)4-5-32(14(3)35)22-19(25)9-18(10-20(22)26)33-11-16(13(33)2)8-21(30)36-23(31)15-6-17(7-15)24(27,28)29/h9-10,13,16,30-31H,4-6,8,11H2,1-3H3/t13-,16+/m1/s1. The van der Waals surface area contributed by atoms with Gasteiger partial charge in [-0.1, -0.05) is 0 Å². The van der Waals surface area contributed by atoms with Crippen LogP contribution in [0.25, 0.3) is 0 Å². The highest BCUT2D eigenvalue weighted by atomic mass is 19.4. The lowest BCUT2D eigenvalue weighted by Crippen LogP contribution is -2.55. The zero-order valence-electron chi connectivity index (χ0n) is 19.9. The molecular weight excluding hydrogens is 487 g/mol. The van der Waals surface area contributed by atoms with Crippen LogP contribution in [0.5, 0.6) is 0 Å². The number of nitrogens with zero attached hydrogens (tertiary/aromatic N) is 2. The molecule has 3 rings (SSSR count). The lowest BCUT2D eigenvalue weighted by Gasteiger charge is -2.48. The summed E-state index contributed by atoms with van der Waals surface area (Å²) in [5.74, 6) is -3.76. The van der Waals surface area contributed by atoms with Gasteiger partial charge in [0.15, 0.2) is 17.5 Å². The summed E-state index contributed by atoms with van der Waals surface area (Å²) < 4.78 is 72.3. The van der Waals surface area contributed by atoms with E-state index in [0.29, 0.717) is 6.54 Å². The molecule has 1 aromatic rings. The number of carbonyl (C=O) groups excluding carboxylic acids is 2. The molecule has 194 valence electrons. The second kappa shape index (κ2) is 10.2. The predicted molar refractivity (Wildman–Crippen MR) is 122 cm³/mol. The molecule has 12 heteroatoms. The van der Waals surface area contributed by atoms with Crippen LogP contribution in [-0.4, -0.2) is 48.8 Å². The Balaban J connectivity index is 1.62. The van der Waals surface area contributed by atoms with Gasteiger partial charge in [-0.2, -0.15) is 13.2 Å².